The van der Waals surface area contributed by atoms with Crippen LogP contribution in [0.2, 0.25) is 0 Å². The first-order valence-electron chi connectivity index (χ1n) is 8.71. The maximum atomic E-state index is 12.6. The summed E-state index contributed by atoms with van der Waals surface area (Å²) in [5.74, 6) is -0.612. The van der Waals surface area contributed by atoms with Crippen LogP contribution in [0.4, 0.5) is 0 Å². The topological polar surface area (TPSA) is 104 Å². The zero-order chi connectivity index (χ0) is 20.4. The van der Waals surface area contributed by atoms with Gasteiger partial charge in [-0.1, -0.05) is 12.1 Å². The Kier molecular flexibility index (Phi) is 6.67. The Morgan fingerprint density at radius 2 is 1.78 bits per heavy atom. The van der Waals surface area contributed by atoms with E-state index in [0.29, 0.717) is 19.4 Å². The Balaban J connectivity index is 2.03. The fourth-order valence-corrected chi connectivity index (χ4v) is 4.84. The van der Waals surface area contributed by atoms with Crippen molar-refractivity contribution in [2.75, 3.05) is 33.4 Å². The Morgan fingerprint density at radius 3 is 2.30 bits per heavy atom. The van der Waals surface area contributed by atoms with Gasteiger partial charge < -0.3 is 5.32 Å². The highest BCUT2D eigenvalue weighted by atomic mass is 32.2. The third-order valence-corrected chi connectivity index (χ3v) is 7.75. The molecule has 0 aliphatic carbocycles. The molecule has 1 fully saturated rings. The molecule has 2 atom stereocenters. The predicted molar refractivity (Wildman–Crippen MR) is 103 cm³/mol. The monoisotopic (exact) mass is 417 g/mol. The van der Waals surface area contributed by atoms with Crippen molar-refractivity contribution in [2.45, 2.75) is 30.7 Å². The normalized spacial score (nSPS) is 20.4. The van der Waals surface area contributed by atoms with Gasteiger partial charge in [-0.2, -0.15) is 17.0 Å². The van der Waals surface area contributed by atoms with E-state index in [1.165, 1.54) is 30.5 Å². The van der Waals surface area contributed by atoms with Crippen molar-refractivity contribution in [3.63, 3.8) is 0 Å². The summed E-state index contributed by atoms with van der Waals surface area (Å²) in [5, 5.41) is 2.90. The molecule has 0 spiro atoms. The van der Waals surface area contributed by atoms with E-state index in [1.54, 1.807) is 12.1 Å². The Labute approximate surface area is 161 Å². The fourth-order valence-electron chi connectivity index (χ4n) is 3.02. The number of rotatable bonds is 6. The Hall–Kier alpha value is -1.49. The number of hydrogen-bond donors (Lipinski definition) is 1. The molecule has 8 nitrogen and oxygen atoms in total. The van der Waals surface area contributed by atoms with Crippen LogP contribution >= 0.6 is 0 Å². The molecule has 1 aliphatic rings. The maximum Gasteiger partial charge on any atom is 0.281 e. The fraction of sp³-hybridized carbons (Fsp3) is 0.588. The molecule has 0 aromatic heterocycles. The summed E-state index contributed by atoms with van der Waals surface area (Å²) in [5.41, 5.74) is 0.782. The molecule has 1 aromatic carbocycles. The van der Waals surface area contributed by atoms with E-state index >= 15 is 0 Å². The van der Waals surface area contributed by atoms with Gasteiger partial charge >= 0.3 is 0 Å². The molecule has 0 bridgehead atoms. The predicted octanol–water partition coefficient (Wildman–Crippen LogP) is 0.786. The van der Waals surface area contributed by atoms with Gasteiger partial charge in [-0.05, 0) is 37.5 Å². The molecule has 1 saturated heterocycles. The molecule has 10 heteroatoms. The van der Waals surface area contributed by atoms with Crippen LogP contribution in [0.3, 0.4) is 0 Å². The highest BCUT2D eigenvalue weighted by molar-refractivity contribution is 7.90. The van der Waals surface area contributed by atoms with Gasteiger partial charge in [-0.25, -0.2) is 8.42 Å². The molecule has 0 radical (unpaired) electrons. The minimum Gasteiger partial charge on any atom is -0.349 e. The first-order chi connectivity index (χ1) is 12.4. The summed E-state index contributed by atoms with van der Waals surface area (Å²) < 4.78 is 50.1. The minimum atomic E-state index is -3.54. The van der Waals surface area contributed by atoms with Crippen LogP contribution in [0.15, 0.2) is 29.2 Å². The van der Waals surface area contributed by atoms with E-state index in [0.717, 1.165) is 16.1 Å². The van der Waals surface area contributed by atoms with Crippen LogP contribution in [-0.4, -0.2) is 64.8 Å². The number of nitrogens with one attached hydrogen (secondary N) is 1. The van der Waals surface area contributed by atoms with E-state index in [2.05, 4.69) is 5.32 Å². The minimum absolute atomic E-state index is 0.159. The molecule has 1 heterocycles. The van der Waals surface area contributed by atoms with Crippen LogP contribution in [0, 0.1) is 5.92 Å². The average Bonchev–Trinajstić information content (AvgIpc) is 2.61. The number of sulfone groups is 1. The number of nitrogens with zero attached hydrogens (tertiary/aromatic N) is 2. The lowest BCUT2D eigenvalue weighted by Gasteiger charge is -2.33. The van der Waals surface area contributed by atoms with Crippen LogP contribution in [0.1, 0.15) is 31.4 Å². The molecule has 152 valence electrons. The van der Waals surface area contributed by atoms with E-state index in [-0.39, 0.29) is 23.4 Å². The summed E-state index contributed by atoms with van der Waals surface area (Å²) in [6, 6.07) is 6.06. The molecule has 1 amide bonds. The van der Waals surface area contributed by atoms with Crippen LogP contribution < -0.4 is 5.32 Å². The third-order valence-electron chi connectivity index (χ3n) is 4.71. The van der Waals surface area contributed by atoms with Crippen molar-refractivity contribution >= 4 is 26.0 Å². The second-order valence-electron chi connectivity index (χ2n) is 7.06. The molecule has 0 saturated carbocycles. The second-order valence-corrected chi connectivity index (χ2v) is 11.2. The van der Waals surface area contributed by atoms with Gasteiger partial charge in [0.2, 0.25) is 5.91 Å². The lowest BCUT2D eigenvalue weighted by molar-refractivity contribution is -0.126. The molecule has 2 rings (SSSR count). The summed E-state index contributed by atoms with van der Waals surface area (Å²) in [6.45, 7) is 2.38. The summed E-state index contributed by atoms with van der Waals surface area (Å²) >= 11 is 0. The second kappa shape index (κ2) is 8.26. The van der Waals surface area contributed by atoms with Crippen LogP contribution in [0.5, 0.6) is 0 Å². The highest BCUT2D eigenvalue weighted by Gasteiger charge is 2.33. The maximum absolute atomic E-state index is 12.6. The number of hydrogen-bond acceptors (Lipinski definition) is 5. The lowest BCUT2D eigenvalue weighted by atomic mass is 9.98. The number of carbonyl (C=O) groups excluding carboxylic acids is 1. The van der Waals surface area contributed by atoms with Gasteiger partial charge in [0, 0.05) is 33.4 Å². The first-order valence-corrected chi connectivity index (χ1v) is 12.0. The van der Waals surface area contributed by atoms with Gasteiger partial charge in [-0.15, -0.1) is 0 Å². The molecule has 1 aromatic rings. The number of piperidine rings is 1. The average molecular weight is 418 g/mol. The van der Waals surface area contributed by atoms with Crippen molar-refractivity contribution in [2.24, 2.45) is 5.92 Å². The van der Waals surface area contributed by atoms with Crippen molar-refractivity contribution in [1.82, 2.24) is 13.9 Å². The van der Waals surface area contributed by atoms with Crippen molar-refractivity contribution in [1.29, 1.82) is 0 Å². The third kappa shape index (κ3) is 5.28. The highest BCUT2D eigenvalue weighted by Crippen LogP contribution is 2.22. The van der Waals surface area contributed by atoms with Gasteiger partial charge in [0.1, 0.15) is 0 Å². The van der Waals surface area contributed by atoms with E-state index in [1.807, 2.05) is 6.92 Å². The van der Waals surface area contributed by atoms with E-state index in [4.69, 9.17) is 0 Å². The lowest BCUT2D eigenvalue weighted by Crippen LogP contribution is -2.49. The smallest absolute Gasteiger partial charge is 0.281 e. The van der Waals surface area contributed by atoms with Gasteiger partial charge in [0.05, 0.1) is 16.9 Å². The number of amides is 1. The summed E-state index contributed by atoms with van der Waals surface area (Å²) in [4.78, 5) is 12.8. The Morgan fingerprint density at radius 1 is 1.19 bits per heavy atom. The zero-order valence-corrected chi connectivity index (χ0v) is 17.7. The van der Waals surface area contributed by atoms with Crippen LogP contribution in [0.25, 0.3) is 0 Å². The van der Waals surface area contributed by atoms with Gasteiger partial charge in [-0.3, -0.25) is 4.79 Å². The summed E-state index contributed by atoms with van der Waals surface area (Å²) in [6.07, 6.45) is 2.40. The van der Waals surface area contributed by atoms with Gasteiger partial charge in [0.15, 0.2) is 9.84 Å². The molecular formula is C17H27N3O5S2. The first kappa shape index (κ1) is 21.8. The molecule has 27 heavy (non-hydrogen) atoms. The molecule has 1 aliphatic heterocycles. The molecule has 0 unspecified atom stereocenters. The number of carbonyl (C=O) groups is 1. The molecular weight excluding hydrogens is 390 g/mol. The van der Waals surface area contributed by atoms with Crippen LogP contribution in [-0.2, 0) is 24.8 Å². The largest absolute Gasteiger partial charge is 0.349 e. The van der Waals surface area contributed by atoms with Crippen molar-refractivity contribution < 1.29 is 21.6 Å². The van der Waals surface area contributed by atoms with Crippen molar-refractivity contribution in [3.05, 3.63) is 29.8 Å². The zero-order valence-electron chi connectivity index (χ0n) is 16.0. The summed E-state index contributed by atoms with van der Waals surface area (Å²) in [7, 11) is -3.86. The SMILES string of the molecule is C[C@H](NC(=O)[C@H]1CCCN(S(=O)(=O)N(C)C)C1)c1ccc(S(C)(=O)=O)cc1. The molecule has 1 N–H and O–H groups in total. The standard InChI is InChI=1S/C17H27N3O5S2/c1-13(14-7-9-16(10-8-14)26(4,22)23)18-17(21)15-6-5-11-20(12-15)27(24,25)19(2)3/h7-10,13,15H,5-6,11-12H2,1-4H3,(H,18,21)/t13-,15-/m0/s1. The van der Waals surface area contributed by atoms with E-state index < -0.39 is 26.0 Å². The van der Waals surface area contributed by atoms with E-state index in [9.17, 15) is 21.6 Å². The number of benzene rings is 1. The Bertz CT molecular complexity index is 880. The van der Waals surface area contributed by atoms with Crippen molar-refractivity contribution in [3.8, 4) is 0 Å². The quantitative estimate of drug-likeness (QED) is 0.737. The van der Waals surface area contributed by atoms with Gasteiger partial charge in [0.25, 0.3) is 10.2 Å².